The van der Waals surface area contributed by atoms with Gasteiger partial charge in [-0.3, -0.25) is 4.79 Å². The maximum atomic E-state index is 12.6. The van der Waals surface area contributed by atoms with Crippen LogP contribution in [0.5, 0.6) is 0 Å². The molecule has 3 atom stereocenters. The van der Waals surface area contributed by atoms with Crippen molar-refractivity contribution in [3.8, 4) is 0 Å². The van der Waals surface area contributed by atoms with Gasteiger partial charge in [-0.15, -0.1) is 0 Å². The fourth-order valence-electron chi connectivity index (χ4n) is 3.19. The summed E-state index contributed by atoms with van der Waals surface area (Å²) in [5, 5.41) is 0. The van der Waals surface area contributed by atoms with Crippen molar-refractivity contribution >= 4 is 5.91 Å². The topological polar surface area (TPSA) is 64.8 Å². The van der Waals surface area contributed by atoms with Crippen molar-refractivity contribution in [1.82, 2.24) is 4.90 Å². The average molecular weight is 304 g/mol. The van der Waals surface area contributed by atoms with Gasteiger partial charge >= 0.3 is 0 Å². The number of carbonyl (C=O) groups is 1. The van der Waals surface area contributed by atoms with Gasteiger partial charge in [0.2, 0.25) is 5.91 Å². The number of carbonyl (C=O) groups excluding carboxylic acids is 1. The van der Waals surface area contributed by atoms with Crippen LogP contribution < -0.4 is 5.73 Å². The van der Waals surface area contributed by atoms with Crippen molar-refractivity contribution in [2.75, 3.05) is 26.3 Å². The van der Waals surface area contributed by atoms with Gasteiger partial charge in [-0.2, -0.15) is 0 Å². The summed E-state index contributed by atoms with van der Waals surface area (Å²) in [4.78, 5) is 14.4. The number of hydrogen-bond donors (Lipinski definition) is 1. The van der Waals surface area contributed by atoms with Crippen molar-refractivity contribution in [3.05, 3.63) is 35.9 Å². The molecular weight excluding hydrogens is 280 g/mol. The van der Waals surface area contributed by atoms with Gasteiger partial charge in [0, 0.05) is 19.7 Å². The van der Waals surface area contributed by atoms with Crippen LogP contribution >= 0.6 is 0 Å². The van der Waals surface area contributed by atoms with Gasteiger partial charge in [-0.25, -0.2) is 0 Å². The highest BCUT2D eigenvalue weighted by atomic mass is 16.5. The highest BCUT2D eigenvalue weighted by molar-refractivity contribution is 5.82. The predicted octanol–water partition coefficient (Wildman–Crippen LogP) is 0.963. The quantitative estimate of drug-likeness (QED) is 0.900. The van der Waals surface area contributed by atoms with Crippen molar-refractivity contribution in [2.24, 2.45) is 5.73 Å². The molecule has 22 heavy (non-hydrogen) atoms. The van der Waals surface area contributed by atoms with Gasteiger partial charge in [-0.05, 0) is 24.8 Å². The predicted molar refractivity (Wildman–Crippen MR) is 83.4 cm³/mol. The largest absolute Gasteiger partial charge is 0.375 e. The second-order valence-corrected chi connectivity index (χ2v) is 6.04. The third-order valence-electron chi connectivity index (χ3n) is 4.40. The Morgan fingerprint density at radius 2 is 2.00 bits per heavy atom. The minimum atomic E-state index is -0.495. The van der Waals surface area contributed by atoms with Crippen LogP contribution in [-0.4, -0.2) is 55.4 Å². The van der Waals surface area contributed by atoms with E-state index in [-0.39, 0.29) is 18.1 Å². The smallest absolute Gasteiger partial charge is 0.239 e. The molecule has 0 radical (unpaired) electrons. The number of ether oxygens (including phenoxy) is 2. The third-order valence-corrected chi connectivity index (χ3v) is 4.40. The molecule has 2 fully saturated rings. The molecule has 5 nitrogen and oxygen atoms in total. The molecule has 5 heteroatoms. The highest BCUT2D eigenvalue weighted by Crippen LogP contribution is 2.21. The number of benzene rings is 1. The minimum absolute atomic E-state index is 0.00940. The van der Waals surface area contributed by atoms with Crippen LogP contribution in [0.4, 0.5) is 0 Å². The molecular formula is C17H24N2O3. The molecule has 0 aromatic heterocycles. The molecule has 0 aliphatic carbocycles. The number of amides is 1. The summed E-state index contributed by atoms with van der Waals surface area (Å²) >= 11 is 0. The van der Waals surface area contributed by atoms with Crippen LogP contribution in [0.1, 0.15) is 18.4 Å². The number of hydrogen-bond acceptors (Lipinski definition) is 4. The van der Waals surface area contributed by atoms with Crippen molar-refractivity contribution in [1.29, 1.82) is 0 Å². The molecule has 0 unspecified atom stereocenters. The van der Waals surface area contributed by atoms with E-state index in [1.54, 1.807) is 0 Å². The second-order valence-electron chi connectivity index (χ2n) is 6.04. The Hall–Kier alpha value is -1.43. The van der Waals surface area contributed by atoms with E-state index in [0.29, 0.717) is 26.1 Å². The summed E-state index contributed by atoms with van der Waals surface area (Å²) in [6, 6.07) is 9.41. The number of morpholine rings is 1. The van der Waals surface area contributed by atoms with E-state index in [4.69, 9.17) is 15.2 Å². The molecule has 0 saturated carbocycles. The zero-order valence-corrected chi connectivity index (χ0v) is 12.8. The summed E-state index contributed by atoms with van der Waals surface area (Å²) in [6.07, 6.45) is 2.78. The van der Waals surface area contributed by atoms with E-state index < -0.39 is 6.04 Å². The Morgan fingerprint density at radius 3 is 2.73 bits per heavy atom. The Morgan fingerprint density at radius 1 is 1.23 bits per heavy atom. The second kappa shape index (κ2) is 7.22. The molecule has 2 aliphatic rings. The molecule has 1 aromatic rings. The van der Waals surface area contributed by atoms with Crippen LogP contribution in [-0.2, 0) is 20.7 Å². The zero-order chi connectivity index (χ0) is 15.4. The van der Waals surface area contributed by atoms with Gasteiger partial charge in [-0.1, -0.05) is 30.3 Å². The van der Waals surface area contributed by atoms with E-state index >= 15 is 0 Å². The third kappa shape index (κ3) is 3.66. The van der Waals surface area contributed by atoms with Gasteiger partial charge in [0.1, 0.15) is 6.10 Å². The average Bonchev–Trinajstić information content (AvgIpc) is 3.10. The number of nitrogens with zero attached hydrogens (tertiary/aromatic N) is 1. The molecule has 0 spiro atoms. The number of nitrogens with two attached hydrogens (primary N) is 1. The van der Waals surface area contributed by atoms with Crippen molar-refractivity contribution in [2.45, 2.75) is 37.5 Å². The van der Waals surface area contributed by atoms with Crippen molar-refractivity contribution in [3.63, 3.8) is 0 Å². The summed E-state index contributed by atoms with van der Waals surface area (Å²) in [5.41, 5.74) is 7.21. The Kier molecular flexibility index (Phi) is 5.08. The molecule has 1 aromatic carbocycles. The van der Waals surface area contributed by atoms with Crippen molar-refractivity contribution < 1.29 is 14.3 Å². The first-order valence-electron chi connectivity index (χ1n) is 8.05. The first-order valence-corrected chi connectivity index (χ1v) is 8.05. The molecule has 120 valence electrons. The fraction of sp³-hybridized carbons (Fsp3) is 0.588. The van der Waals surface area contributed by atoms with Crippen LogP contribution in [0.3, 0.4) is 0 Å². The molecule has 2 heterocycles. The van der Waals surface area contributed by atoms with Crippen LogP contribution in [0.25, 0.3) is 0 Å². The van der Waals surface area contributed by atoms with Gasteiger partial charge in [0.25, 0.3) is 0 Å². The van der Waals surface area contributed by atoms with E-state index in [9.17, 15) is 4.79 Å². The SMILES string of the molecule is N[C@@H](Cc1ccccc1)C(=O)N1CCO[C@H]([C@@H]2CCCO2)C1. The lowest BCUT2D eigenvalue weighted by molar-refractivity contribution is -0.146. The lowest BCUT2D eigenvalue weighted by atomic mass is 10.0. The van der Waals surface area contributed by atoms with E-state index in [0.717, 1.165) is 25.0 Å². The molecule has 0 bridgehead atoms. The maximum absolute atomic E-state index is 12.6. The van der Waals surface area contributed by atoms with Gasteiger partial charge in [0.15, 0.2) is 0 Å². The molecule has 3 rings (SSSR count). The summed E-state index contributed by atoms with van der Waals surface area (Å²) < 4.78 is 11.5. The molecule has 2 N–H and O–H groups in total. The van der Waals surface area contributed by atoms with E-state index in [1.165, 1.54) is 0 Å². The lowest BCUT2D eigenvalue weighted by Crippen LogP contribution is -2.54. The Labute approximate surface area is 131 Å². The van der Waals surface area contributed by atoms with Gasteiger partial charge < -0.3 is 20.1 Å². The zero-order valence-electron chi connectivity index (χ0n) is 12.8. The highest BCUT2D eigenvalue weighted by Gasteiger charge is 2.34. The van der Waals surface area contributed by atoms with Crippen LogP contribution in [0.15, 0.2) is 30.3 Å². The Bertz CT molecular complexity index is 488. The first-order chi connectivity index (χ1) is 10.7. The summed E-state index contributed by atoms with van der Waals surface area (Å²) in [5.74, 6) is 0.00940. The fourth-order valence-corrected chi connectivity index (χ4v) is 3.19. The Balaban J connectivity index is 1.56. The molecule has 2 aliphatic heterocycles. The molecule has 2 saturated heterocycles. The minimum Gasteiger partial charge on any atom is -0.375 e. The monoisotopic (exact) mass is 304 g/mol. The summed E-state index contributed by atoms with van der Waals surface area (Å²) in [6.45, 7) is 2.57. The number of rotatable bonds is 4. The standard InChI is InChI=1S/C17H24N2O3/c18-14(11-13-5-2-1-3-6-13)17(20)19-8-10-22-16(12-19)15-7-4-9-21-15/h1-3,5-6,14-16H,4,7-12,18H2/t14-,15-,16-/m0/s1. The normalized spacial score (nSPS) is 26.9. The van der Waals surface area contributed by atoms with E-state index in [1.807, 2.05) is 35.2 Å². The lowest BCUT2D eigenvalue weighted by Gasteiger charge is -2.36. The summed E-state index contributed by atoms with van der Waals surface area (Å²) in [7, 11) is 0. The van der Waals surface area contributed by atoms with Gasteiger partial charge in [0.05, 0.1) is 18.8 Å². The van der Waals surface area contributed by atoms with E-state index in [2.05, 4.69) is 0 Å². The van der Waals surface area contributed by atoms with Crippen LogP contribution in [0.2, 0.25) is 0 Å². The van der Waals surface area contributed by atoms with Crippen LogP contribution in [0, 0.1) is 0 Å². The first kappa shape index (κ1) is 15.5. The molecule has 1 amide bonds. The maximum Gasteiger partial charge on any atom is 0.239 e.